The molecule has 6 nitrogen and oxygen atoms in total. The summed E-state index contributed by atoms with van der Waals surface area (Å²) in [6.45, 7) is 3.67. The van der Waals surface area contributed by atoms with Crippen LogP contribution >= 0.6 is 12.6 Å². The van der Waals surface area contributed by atoms with E-state index in [9.17, 15) is 4.79 Å². The molecule has 2 saturated heterocycles. The van der Waals surface area contributed by atoms with Gasteiger partial charge in [-0.15, -0.1) is 0 Å². The van der Waals surface area contributed by atoms with Gasteiger partial charge in [0.15, 0.2) is 0 Å². The second kappa shape index (κ2) is 5.34. The third kappa shape index (κ3) is 2.66. The molecule has 102 valence electrons. The Bertz CT molecular complexity index is 479. The van der Waals surface area contributed by atoms with E-state index in [1.165, 1.54) is 6.33 Å². The predicted molar refractivity (Wildman–Crippen MR) is 74.8 cm³/mol. The highest BCUT2D eigenvalue weighted by Crippen LogP contribution is 2.24. The van der Waals surface area contributed by atoms with E-state index >= 15 is 0 Å². The minimum Gasteiger partial charge on any atom is -0.378 e. The summed E-state index contributed by atoms with van der Waals surface area (Å²) in [7, 11) is 0. The summed E-state index contributed by atoms with van der Waals surface area (Å²) in [6.07, 6.45) is 1.99. The lowest BCUT2D eigenvalue weighted by atomic mass is 10.4. The summed E-state index contributed by atoms with van der Waals surface area (Å²) in [5, 5.41) is 0.0919. The fraction of sp³-hybridized carbons (Fsp3) is 0.583. The molecule has 2 aliphatic heterocycles. The number of carbonyl (C=O) groups is 1. The van der Waals surface area contributed by atoms with Crippen LogP contribution in [0.5, 0.6) is 0 Å². The highest BCUT2D eigenvalue weighted by molar-refractivity contribution is 7.81. The molecule has 0 aliphatic carbocycles. The van der Waals surface area contributed by atoms with Crippen LogP contribution in [0.3, 0.4) is 0 Å². The zero-order chi connectivity index (χ0) is 13.2. The second-order valence-electron chi connectivity index (χ2n) is 4.70. The van der Waals surface area contributed by atoms with E-state index in [1.807, 2.05) is 6.07 Å². The maximum atomic E-state index is 11.9. The Hall–Kier alpha value is -1.34. The molecule has 1 amide bonds. The molecule has 0 aromatic carbocycles. The Labute approximate surface area is 117 Å². The van der Waals surface area contributed by atoms with Gasteiger partial charge in [-0.3, -0.25) is 9.69 Å². The van der Waals surface area contributed by atoms with Crippen LogP contribution in [0.25, 0.3) is 0 Å². The molecule has 2 aliphatic rings. The average Bonchev–Trinajstić information content (AvgIpc) is 2.79. The number of ether oxygens (including phenoxy) is 1. The van der Waals surface area contributed by atoms with Gasteiger partial charge in [0.1, 0.15) is 18.0 Å². The molecular weight excluding hydrogens is 264 g/mol. The van der Waals surface area contributed by atoms with Gasteiger partial charge < -0.3 is 9.64 Å². The molecule has 1 aromatic rings. The SMILES string of the molecule is O=C1CC(S)CN1c1cc(N2CCOCC2)ncn1. The van der Waals surface area contributed by atoms with Crippen molar-refractivity contribution in [3.8, 4) is 0 Å². The molecule has 0 spiro atoms. The van der Waals surface area contributed by atoms with Gasteiger partial charge in [-0.25, -0.2) is 9.97 Å². The number of rotatable bonds is 2. The molecule has 0 N–H and O–H groups in total. The Balaban J connectivity index is 1.81. The molecule has 3 rings (SSSR count). The third-order valence-corrected chi connectivity index (χ3v) is 3.70. The van der Waals surface area contributed by atoms with Gasteiger partial charge >= 0.3 is 0 Å². The maximum absolute atomic E-state index is 11.9. The van der Waals surface area contributed by atoms with E-state index in [-0.39, 0.29) is 11.2 Å². The van der Waals surface area contributed by atoms with Crippen molar-refractivity contribution in [1.29, 1.82) is 0 Å². The predicted octanol–water partition coefficient (Wildman–Crippen LogP) is 0.348. The van der Waals surface area contributed by atoms with Gasteiger partial charge in [0.2, 0.25) is 5.91 Å². The first-order valence-electron chi connectivity index (χ1n) is 6.37. The van der Waals surface area contributed by atoms with Crippen molar-refractivity contribution >= 4 is 30.2 Å². The average molecular weight is 280 g/mol. The second-order valence-corrected chi connectivity index (χ2v) is 5.43. The first-order chi connectivity index (χ1) is 9.24. The molecule has 7 heteroatoms. The number of morpholine rings is 1. The number of amides is 1. The van der Waals surface area contributed by atoms with Crippen LogP contribution < -0.4 is 9.80 Å². The number of nitrogens with zero attached hydrogens (tertiary/aromatic N) is 4. The van der Waals surface area contributed by atoms with Crippen molar-refractivity contribution in [2.45, 2.75) is 11.7 Å². The molecule has 1 atom stereocenters. The summed E-state index contributed by atoms with van der Waals surface area (Å²) in [4.78, 5) is 24.2. The zero-order valence-electron chi connectivity index (χ0n) is 10.5. The summed E-state index contributed by atoms with van der Waals surface area (Å²) >= 11 is 4.36. The molecule has 19 heavy (non-hydrogen) atoms. The van der Waals surface area contributed by atoms with Gasteiger partial charge in [-0.1, -0.05) is 0 Å². The lowest BCUT2D eigenvalue weighted by Gasteiger charge is -2.28. The van der Waals surface area contributed by atoms with E-state index in [0.717, 1.165) is 18.9 Å². The lowest BCUT2D eigenvalue weighted by molar-refractivity contribution is -0.117. The van der Waals surface area contributed by atoms with Crippen molar-refractivity contribution in [3.05, 3.63) is 12.4 Å². The molecule has 0 bridgehead atoms. The number of carbonyl (C=O) groups excluding carboxylic acids is 1. The Morgan fingerprint density at radius 2 is 2.00 bits per heavy atom. The molecule has 1 aromatic heterocycles. The Morgan fingerprint density at radius 1 is 1.26 bits per heavy atom. The maximum Gasteiger partial charge on any atom is 0.229 e. The van der Waals surface area contributed by atoms with Crippen LogP contribution in [0.4, 0.5) is 11.6 Å². The number of hydrogen-bond acceptors (Lipinski definition) is 6. The standard InChI is InChI=1S/C12H16N4O2S/c17-12-5-9(19)7-16(12)11-6-10(13-8-14-11)15-1-3-18-4-2-15/h6,8-9,19H,1-5,7H2. The van der Waals surface area contributed by atoms with E-state index in [1.54, 1.807) is 4.90 Å². The minimum atomic E-state index is 0.0756. The Kier molecular flexibility index (Phi) is 3.56. The number of anilines is 2. The van der Waals surface area contributed by atoms with E-state index in [4.69, 9.17) is 4.74 Å². The van der Waals surface area contributed by atoms with Gasteiger partial charge in [0, 0.05) is 37.4 Å². The summed E-state index contributed by atoms with van der Waals surface area (Å²) < 4.78 is 5.32. The smallest absolute Gasteiger partial charge is 0.229 e. The molecule has 3 heterocycles. The fourth-order valence-electron chi connectivity index (χ4n) is 2.36. The topological polar surface area (TPSA) is 58.6 Å². The van der Waals surface area contributed by atoms with Crippen LogP contribution in [0, 0.1) is 0 Å². The quantitative estimate of drug-likeness (QED) is 0.792. The van der Waals surface area contributed by atoms with Crippen LogP contribution in [0.1, 0.15) is 6.42 Å². The molecule has 0 saturated carbocycles. The Morgan fingerprint density at radius 3 is 2.68 bits per heavy atom. The minimum absolute atomic E-state index is 0.0756. The normalized spacial score (nSPS) is 24.1. The van der Waals surface area contributed by atoms with Crippen molar-refractivity contribution in [2.24, 2.45) is 0 Å². The van der Waals surface area contributed by atoms with Gasteiger partial charge in [0.05, 0.1) is 13.2 Å². The largest absolute Gasteiger partial charge is 0.378 e. The highest BCUT2D eigenvalue weighted by Gasteiger charge is 2.29. The van der Waals surface area contributed by atoms with Gasteiger partial charge in [-0.05, 0) is 0 Å². The van der Waals surface area contributed by atoms with Crippen LogP contribution in [-0.2, 0) is 9.53 Å². The van der Waals surface area contributed by atoms with E-state index < -0.39 is 0 Å². The highest BCUT2D eigenvalue weighted by atomic mass is 32.1. The van der Waals surface area contributed by atoms with Crippen LogP contribution in [-0.4, -0.2) is 54.0 Å². The molecule has 1 unspecified atom stereocenters. The summed E-state index contributed by atoms with van der Waals surface area (Å²) in [5.74, 6) is 1.59. The van der Waals surface area contributed by atoms with Crippen LogP contribution in [0.2, 0.25) is 0 Å². The van der Waals surface area contributed by atoms with Crippen LogP contribution in [0.15, 0.2) is 12.4 Å². The fourth-order valence-corrected chi connectivity index (χ4v) is 2.68. The monoisotopic (exact) mass is 280 g/mol. The van der Waals surface area contributed by atoms with Crippen molar-refractivity contribution in [1.82, 2.24) is 9.97 Å². The van der Waals surface area contributed by atoms with Gasteiger partial charge in [0.25, 0.3) is 0 Å². The van der Waals surface area contributed by atoms with E-state index in [0.29, 0.717) is 32.0 Å². The molecule has 2 fully saturated rings. The summed E-state index contributed by atoms with van der Waals surface area (Å²) in [6, 6.07) is 1.87. The van der Waals surface area contributed by atoms with E-state index in [2.05, 4.69) is 27.5 Å². The first kappa shape index (κ1) is 12.7. The van der Waals surface area contributed by atoms with Crippen molar-refractivity contribution in [2.75, 3.05) is 42.6 Å². The first-order valence-corrected chi connectivity index (χ1v) is 6.89. The van der Waals surface area contributed by atoms with Crippen molar-refractivity contribution in [3.63, 3.8) is 0 Å². The van der Waals surface area contributed by atoms with Gasteiger partial charge in [-0.2, -0.15) is 12.6 Å². The lowest BCUT2D eigenvalue weighted by Crippen LogP contribution is -2.37. The molecule has 0 radical (unpaired) electrons. The third-order valence-electron chi connectivity index (χ3n) is 3.35. The number of hydrogen-bond donors (Lipinski definition) is 1. The zero-order valence-corrected chi connectivity index (χ0v) is 11.4. The number of thiol groups is 1. The molecular formula is C12H16N4O2S. The summed E-state index contributed by atoms with van der Waals surface area (Å²) in [5.41, 5.74) is 0. The van der Waals surface area contributed by atoms with Crippen molar-refractivity contribution < 1.29 is 9.53 Å². The number of aromatic nitrogens is 2.